The van der Waals surface area contributed by atoms with Crippen molar-refractivity contribution in [2.75, 3.05) is 26.7 Å². The number of rotatable bonds is 9. The van der Waals surface area contributed by atoms with Gasteiger partial charge in [-0.2, -0.15) is 13.2 Å². The molecular formula is C14H21ClF3N3O3S. The molecule has 0 bridgehead atoms. The van der Waals surface area contributed by atoms with Gasteiger partial charge in [0, 0.05) is 26.1 Å². The first-order valence-electron chi connectivity index (χ1n) is 7.25. The molecule has 1 aromatic carbocycles. The molecular weight excluding hydrogens is 383 g/mol. The molecule has 0 fully saturated rings. The number of carbonyl (C=O) groups excluding carboxylic acids is 1. The maximum Gasteiger partial charge on any atom is 0.416 e. The van der Waals surface area contributed by atoms with E-state index in [9.17, 15) is 26.4 Å². The molecule has 0 spiro atoms. The Morgan fingerprint density at radius 2 is 1.84 bits per heavy atom. The smallest absolute Gasteiger partial charge is 0.355 e. The molecule has 0 saturated carbocycles. The van der Waals surface area contributed by atoms with Crippen LogP contribution in [-0.4, -0.2) is 41.0 Å². The van der Waals surface area contributed by atoms with Crippen LogP contribution in [0.4, 0.5) is 13.2 Å². The van der Waals surface area contributed by atoms with Crippen LogP contribution in [0.2, 0.25) is 0 Å². The summed E-state index contributed by atoms with van der Waals surface area (Å²) >= 11 is 0. The van der Waals surface area contributed by atoms with Crippen molar-refractivity contribution in [1.82, 2.24) is 15.4 Å². The predicted octanol–water partition coefficient (Wildman–Crippen LogP) is 1.52. The fourth-order valence-electron chi connectivity index (χ4n) is 1.79. The summed E-state index contributed by atoms with van der Waals surface area (Å²) in [4.78, 5) is 11.0. The summed E-state index contributed by atoms with van der Waals surface area (Å²) in [5.74, 6) is -0.219. The van der Waals surface area contributed by atoms with Gasteiger partial charge in [0.2, 0.25) is 15.9 Å². The predicted molar refractivity (Wildman–Crippen MR) is 90.1 cm³/mol. The molecule has 0 atom stereocenters. The second kappa shape index (κ2) is 10.6. The summed E-state index contributed by atoms with van der Waals surface area (Å²) in [6, 6.07) is 3.50. The molecule has 6 nitrogen and oxygen atoms in total. The van der Waals surface area contributed by atoms with Crippen LogP contribution in [0.15, 0.2) is 29.2 Å². The van der Waals surface area contributed by atoms with Crippen LogP contribution < -0.4 is 15.4 Å². The van der Waals surface area contributed by atoms with Gasteiger partial charge in [-0.1, -0.05) is 6.07 Å². The first kappa shape index (κ1) is 23.6. The largest absolute Gasteiger partial charge is 0.416 e. The van der Waals surface area contributed by atoms with Gasteiger partial charge < -0.3 is 10.6 Å². The van der Waals surface area contributed by atoms with Gasteiger partial charge in [-0.15, -0.1) is 12.4 Å². The van der Waals surface area contributed by atoms with E-state index in [1.165, 1.54) is 0 Å². The van der Waals surface area contributed by atoms with Crippen molar-refractivity contribution < 1.29 is 26.4 Å². The van der Waals surface area contributed by atoms with Gasteiger partial charge in [-0.3, -0.25) is 4.79 Å². The normalized spacial score (nSPS) is 11.7. The van der Waals surface area contributed by atoms with Crippen molar-refractivity contribution in [2.24, 2.45) is 0 Å². The molecule has 1 amide bonds. The molecule has 3 N–H and O–H groups in total. The van der Waals surface area contributed by atoms with Crippen LogP contribution in [0.3, 0.4) is 0 Å². The number of carbonyl (C=O) groups is 1. The maximum atomic E-state index is 12.6. The summed E-state index contributed by atoms with van der Waals surface area (Å²) in [6.45, 7) is 1.04. The van der Waals surface area contributed by atoms with Gasteiger partial charge in [0.25, 0.3) is 0 Å². The van der Waals surface area contributed by atoms with E-state index in [-0.39, 0.29) is 37.7 Å². The molecule has 0 aliphatic heterocycles. The lowest BCUT2D eigenvalue weighted by atomic mass is 10.2. The Morgan fingerprint density at radius 3 is 2.44 bits per heavy atom. The molecule has 0 aliphatic carbocycles. The molecule has 11 heteroatoms. The van der Waals surface area contributed by atoms with Crippen LogP contribution in [0, 0.1) is 0 Å². The van der Waals surface area contributed by atoms with Gasteiger partial charge in [0.05, 0.1) is 10.5 Å². The van der Waals surface area contributed by atoms with Crippen molar-refractivity contribution in [3.05, 3.63) is 29.8 Å². The Labute approximate surface area is 151 Å². The summed E-state index contributed by atoms with van der Waals surface area (Å²) < 4.78 is 64.0. The van der Waals surface area contributed by atoms with Crippen molar-refractivity contribution in [2.45, 2.75) is 23.9 Å². The molecule has 0 aromatic heterocycles. The average Bonchev–Trinajstić information content (AvgIpc) is 2.51. The zero-order valence-corrected chi connectivity index (χ0v) is 15.2. The van der Waals surface area contributed by atoms with Crippen LogP contribution in [0.5, 0.6) is 0 Å². The summed E-state index contributed by atoms with van der Waals surface area (Å²) in [7, 11) is -2.31. The zero-order valence-electron chi connectivity index (χ0n) is 13.5. The van der Waals surface area contributed by atoms with Gasteiger partial charge in [0.15, 0.2) is 0 Å². The Hall–Kier alpha value is -1.36. The van der Waals surface area contributed by atoms with E-state index >= 15 is 0 Å². The van der Waals surface area contributed by atoms with Crippen LogP contribution in [0.25, 0.3) is 0 Å². The fraction of sp³-hybridized carbons (Fsp3) is 0.500. The van der Waals surface area contributed by atoms with Gasteiger partial charge in [-0.05, 0) is 31.7 Å². The molecule has 0 radical (unpaired) electrons. The molecule has 1 rings (SSSR count). The highest BCUT2D eigenvalue weighted by Crippen LogP contribution is 2.30. The molecule has 1 aromatic rings. The van der Waals surface area contributed by atoms with E-state index in [1.807, 2.05) is 0 Å². The summed E-state index contributed by atoms with van der Waals surface area (Å²) in [5.41, 5.74) is -1.03. The molecule has 0 saturated heterocycles. The molecule has 0 aliphatic rings. The SMILES string of the molecule is CNCCNC(=O)CCCNS(=O)(=O)c1cccc(C(F)(F)F)c1.Cl. The topological polar surface area (TPSA) is 87.3 Å². The first-order valence-corrected chi connectivity index (χ1v) is 8.73. The third-order valence-electron chi connectivity index (χ3n) is 3.04. The van der Waals surface area contributed by atoms with E-state index in [0.29, 0.717) is 19.2 Å². The van der Waals surface area contributed by atoms with Gasteiger partial charge in [0.1, 0.15) is 0 Å². The van der Waals surface area contributed by atoms with E-state index < -0.39 is 26.7 Å². The lowest BCUT2D eigenvalue weighted by Crippen LogP contribution is -2.31. The molecule has 0 heterocycles. The summed E-state index contributed by atoms with van der Waals surface area (Å²) in [6.07, 6.45) is -4.25. The highest BCUT2D eigenvalue weighted by Gasteiger charge is 2.31. The lowest BCUT2D eigenvalue weighted by Gasteiger charge is -2.10. The minimum atomic E-state index is -4.61. The standard InChI is InChI=1S/C14H20F3N3O3S.ClH/c1-18-8-9-19-13(21)6-3-7-20-24(22,23)12-5-2-4-11(10-12)14(15,16)17;/h2,4-5,10,18,20H,3,6-9H2,1H3,(H,19,21);1H. The number of benzene rings is 1. The highest BCUT2D eigenvalue weighted by atomic mass is 35.5. The molecule has 0 unspecified atom stereocenters. The first-order chi connectivity index (χ1) is 11.2. The van der Waals surface area contributed by atoms with E-state index in [4.69, 9.17) is 0 Å². The van der Waals surface area contributed by atoms with Gasteiger partial charge >= 0.3 is 6.18 Å². The monoisotopic (exact) mass is 403 g/mol. The lowest BCUT2D eigenvalue weighted by molar-refractivity contribution is -0.137. The minimum absolute atomic E-state index is 0. The van der Waals surface area contributed by atoms with Crippen molar-refractivity contribution in [3.63, 3.8) is 0 Å². The average molecular weight is 404 g/mol. The van der Waals surface area contributed by atoms with E-state index in [2.05, 4.69) is 15.4 Å². The Balaban J connectivity index is 0.00000576. The van der Waals surface area contributed by atoms with Crippen molar-refractivity contribution in [1.29, 1.82) is 0 Å². The maximum absolute atomic E-state index is 12.6. The number of hydrogen-bond donors (Lipinski definition) is 3. The quantitative estimate of drug-likeness (QED) is 0.546. The third-order valence-corrected chi connectivity index (χ3v) is 4.50. The van der Waals surface area contributed by atoms with Crippen LogP contribution >= 0.6 is 12.4 Å². The fourth-order valence-corrected chi connectivity index (χ4v) is 2.91. The Kier molecular flexibility index (Phi) is 10.0. The second-order valence-electron chi connectivity index (χ2n) is 4.98. The third kappa shape index (κ3) is 8.52. The Morgan fingerprint density at radius 1 is 1.16 bits per heavy atom. The zero-order chi connectivity index (χ0) is 18.2. The number of nitrogens with one attached hydrogen (secondary N) is 3. The highest BCUT2D eigenvalue weighted by molar-refractivity contribution is 7.89. The molecule has 25 heavy (non-hydrogen) atoms. The van der Waals surface area contributed by atoms with Crippen LogP contribution in [0.1, 0.15) is 18.4 Å². The number of likely N-dealkylation sites (N-methyl/N-ethyl adjacent to an activating group) is 1. The van der Waals surface area contributed by atoms with Crippen molar-refractivity contribution >= 4 is 28.3 Å². The Bertz CT molecular complexity index is 654. The number of amides is 1. The van der Waals surface area contributed by atoms with E-state index in [0.717, 1.165) is 18.2 Å². The van der Waals surface area contributed by atoms with Gasteiger partial charge in [-0.25, -0.2) is 13.1 Å². The number of hydrogen-bond acceptors (Lipinski definition) is 4. The van der Waals surface area contributed by atoms with E-state index in [1.54, 1.807) is 7.05 Å². The second-order valence-corrected chi connectivity index (χ2v) is 6.75. The van der Waals surface area contributed by atoms with Crippen LogP contribution in [-0.2, 0) is 21.0 Å². The number of alkyl halides is 3. The number of sulfonamides is 1. The minimum Gasteiger partial charge on any atom is -0.355 e. The number of halogens is 4. The molecule has 144 valence electrons. The van der Waals surface area contributed by atoms with Crippen molar-refractivity contribution in [3.8, 4) is 0 Å². The summed E-state index contributed by atoms with van der Waals surface area (Å²) in [5, 5.41) is 5.49.